The van der Waals surface area contributed by atoms with E-state index in [1.807, 2.05) is 24.3 Å². The SMILES string of the molecule is COc1ccccc1CC(=O)NC[C@@H]1CCS(=O)(=O)C1. The molecule has 1 fully saturated rings. The summed E-state index contributed by atoms with van der Waals surface area (Å²) in [7, 11) is -1.31. The maximum Gasteiger partial charge on any atom is 0.224 e. The highest BCUT2D eigenvalue weighted by Crippen LogP contribution is 2.19. The van der Waals surface area contributed by atoms with Crippen LogP contribution in [0.5, 0.6) is 5.75 Å². The summed E-state index contributed by atoms with van der Waals surface area (Å²) in [6.45, 7) is 0.424. The molecular weight excluding hydrogens is 278 g/mol. The quantitative estimate of drug-likeness (QED) is 0.872. The van der Waals surface area contributed by atoms with E-state index in [1.54, 1.807) is 7.11 Å². The highest BCUT2D eigenvalue weighted by molar-refractivity contribution is 7.91. The average Bonchev–Trinajstić information content (AvgIpc) is 2.77. The third-order valence-electron chi connectivity index (χ3n) is 3.46. The third kappa shape index (κ3) is 3.96. The second-order valence-corrected chi connectivity index (χ2v) is 7.29. The van der Waals surface area contributed by atoms with Gasteiger partial charge in [0.05, 0.1) is 25.0 Å². The van der Waals surface area contributed by atoms with E-state index in [2.05, 4.69) is 5.32 Å². The summed E-state index contributed by atoms with van der Waals surface area (Å²) >= 11 is 0. The van der Waals surface area contributed by atoms with Gasteiger partial charge in [-0.05, 0) is 18.4 Å². The van der Waals surface area contributed by atoms with E-state index < -0.39 is 9.84 Å². The van der Waals surface area contributed by atoms with E-state index in [9.17, 15) is 13.2 Å². The van der Waals surface area contributed by atoms with Gasteiger partial charge in [0.2, 0.25) is 5.91 Å². The number of sulfone groups is 1. The van der Waals surface area contributed by atoms with Crippen molar-refractivity contribution in [3.63, 3.8) is 0 Å². The summed E-state index contributed by atoms with van der Waals surface area (Å²) < 4.78 is 27.9. The van der Waals surface area contributed by atoms with Crippen LogP contribution in [0.3, 0.4) is 0 Å². The van der Waals surface area contributed by atoms with Gasteiger partial charge in [0.1, 0.15) is 5.75 Å². The van der Waals surface area contributed by atoms with Crippen molar-refractivity contribution < 1.29 is 17.9 Å². The van der Waals surface area contributed by atoms with Crippen LogP contribution in [0.2, 0.25) is 0 Å². The molecule has 1 aromatic carbocycles. The Morgan fingerprint density at radius 3 is 2.80 bits per heavy atom. The molecule has 0 spiro atoms. The van der Waals surface area contributed by atoms with Crippen LogP contribution in [0, 0.1) is 5.92 Å². The van der Waals surface area contributed by atoms with Gasteiger partial charge < -0.3 is 10.1 Å². The van der Waals surface area contributed by atoms with Gasteiger partial charge in [0.15, 0.2) is 9.84 Å². The van der Waals surface area contributed by atoms with Crippen LogP contribution in [-0.2, 0) is 21.1 Å². The molecule has 1 saturated heterocycles. The Kier molecular flexibility index (Phi) is 4.65. The number of methoxy groups -OCH3 is 1. The summed E-state index contributed by atoms with van der Waals surface area (Å²) in [5, 5.41) is 2.80. The van der Waals surface area contributed by atoms with Crippen LogP contribution in [0.1, 0.15) is 12.0 Å². The van der Waals surface area contributed by atoms with Gasteiger partial charge in [-0.3, -0.25) is 4.79 Å². The van der Waals surface area contributed by atoms with E-state index in [0.717, 1.165) is 5.56 Å². The molecule has 0 bridgehead atoms. The lowest BCUT2D eigenvalue weighted by molar-refractivity contribution is -0.120. The first-order valence-corrected chi connectivity index (χ1v) is 8.41. The zero-order valence-electron chi connectivity index (χ0n) is 11.5. The molecule has 1 atom stereocenters. The molecule has 1 aliphatic rings. The van der Waals surface area contributed by atoms with Gasteiger partial charge in [-0.2, -0.15) is 0 Å². The van der Waals surface area contributed by atoms with Gasteiger partial charge in [-0.25, -0.2) is 8.42 Å². The zero-order chi connectivity index (χ0) is 14.6. The first-order valence-electron chi connectivity index (χ1n) is 6.59. The summed E-state index contributed by atoms with van der Waals surface area (Å²) in [5.41, 5.74) is 0.826. The lowest BCUT2D eigenvalue weighted by atomic mass is 10.1. The van der Waals surface area contributed by atoms with E-state index in [1.165, 1.54) is 0 Å². The van der Waals surface area contributed by atoms with Crippen LogP contribution in [0.15, 0.2) is 24.3 Å². The summed E-state index contributed by atoms with van der Waals surface area (Å²) in [6, 6.07) is 7.36. The lowest BCUT2D eigenvalue weighted by Gasteiger charge is -2.11. The van der Waals surface area contributed by atoms with Crippen molar-refractivity contribution in [2.24, 2.45) is 5.92 Å². The van der Waals surface area contributed by atoms with Crippen molar-refractivity contribution in [3.05, 3.63) is 29.8 Å². The number of para-hydroxylation sites is 1. The summed E-state index contributed by atoms with van der Waals surface area (Å²) in [4.78, 5) is 11.9. The van der Waals surface area contributed by atoms with Gasteiger partial charge in [-0.15, -0.1) is 0 Å². The smallest absolute Gasteiger partial charge is 0.224 e. The minimum Gasteiger partial charge on any atom is -0.496 e. The summed E-state index contributed by atoms with van der Waals surface area (Å²) in [5.74, 6) is 1.04. The monoisotopic (exact) mass is 297 g/mol. The second kappa shape index (κ2) is 6.26. The predicted octanol–water partition coefficient (Wildman–Crippen LogP) is 0.789. The topological polar surface area (TPSA) is 72.5 Å². The Labute approximate surface area is 119 Å². The zero-order valence-corrected chi connectivity index (χ0v) is 12.3. The largest absolute Gasteiger partial charge is 0.496 e. The molecule has 2 rings (SSSR count). The fourth-order valence-corrected chi connectivity index (χ4v) is 4.24. The van der Waals surface area contributed by atoms with Gasteiger partial charge >= 0.3 is 0 Å². The first kappa shape index (κ1) is 14.8. The molecule has 6 heteroatoms. The molecule has 1 N–H and O–H groups in total. The molecule has 1 aliphatic heterocycles. The van der Waals surface area contributed by atoms with Crippen molar-refractivity contribution in [1.82, 2.24) is 5.32 Å². The number of ether oxygens (including phenoxy) is 1. The minimum absolute atomic E-state index is 0.0432. The molecule has 0 radical (unpaired) electrons. The van der Waals surface area contributed by atoms with Gasteiger partial charge in [-0.1, -0.05) is 18.2 Å². The van der Waals surface area contributed by atoms with Crippen molar-refractivity contribution >= 4 is 15.7 Å². The molecule has 1 amide bonds. The molecule has 0 aliphatic carbocycles. The van der Waals surface area contributed by atoms with E-state index in [4.69, 9.17) is 4.74 Å². The van der Waals surface area contributed by atoms with E-state index >= 15 is 0 Å². The Morgan fingerprint density at radius 1 is 1.40 bits per heavy atom. The Bertz CT molecular complexity index is 583. The number of nitrogens with one attached hydrogen (secondary N) is 1. The van der Waals surface area contributed by atoms with Crippen molar-refractivity contribution in [2.75, 3.05) is 25.2 Å². The first-order chi connectivity index (χ1) is 9.50. The van der Waals surface area contributed by atoms with Crippen molar-refractivity contribution in [1.29, 1.82) is 0 Å². The fourth-order valence-electron chi connectivity index (χ4n) is 2.38. The predicted molar refractivity (Wildman–Crippen MR) is 76.5 cm³/mol. The maximum atomic E-state index is 11.9. The molecule has 20 heavy (non-hydrogen) atoms. The Morgan fingerprint density at radius 2 is 2.15 bits per heavy atom. The highest BCUT2D eigenvalue weighted by atomic mass is 32.2. The molecule has 5 nitrogen and oxygen atoms in total. The van der Waals surface area contributed by atoms with Gasteiger partial charge in [0.25, 0.3) is 0 Å². The van der Waals surface area contributed by atoms with E-state index in [0.29, 0.717) is 18.7 Å². The van der Waals surface area contributed by atoms with Crippen LogP contribution in [-0.4, -0.2) is 39.5 Å². The van der Waals surface area contributed by atoms with Crippen LogP contribution in [0.4, 0.5) is 0 Å². The van der Waals surface area contributed by atoms with Gasteiger partial charge in [0, 0.05) is 12.1 Å². The Balaban J connectivity index is 1.84. The second-order valence-electron chi connectivity index (χ2n) is 5.06. The summed E-state index contributed by atoms with van der Waals surface area (Å²) in [6.07, 6.45) is 0.876. The number of hydrogen-bond donors (Lipinski definition) is 1. The fraction of sp³-hybridized carbons (Fsp3) is 0.500. The Hall–Kier alpha value is -1.56. The van der Waals surface area contributed by atoms with Crippen molar-refractivity contribution in [2.45, 2.75) is 12.8 Å². The number of hydrogen-bond acceptors (Lipinski definition) is 4. The van der Waals surface area contributed by atoms with Crippen molar-refractivity contribution in [3.8, 4) is 5.75 Å². The molecule has 1 aromatic rings. The molecule has 0 unspecified atom stereocenters. The minimum atomic E-state index is -2.88. The number of amides is 1. The maximum absolute atomic E-state index is 11.9. The third-order valence-corrected chi connectivity index (χ3v) is 5.30. The number of carbonyl (C=O) groups excluding carboxylic acids is 1. The standard InChI is InChI=1S/C14H19NO4S/c1-19-13-5-3-2-4-12(13)8-14(16)15-9-11-6-7-20(17,18)10-11/h2-5,11H,6-10H2,1H3,(H,15,16)/t11-/m0/s1. The average molecular weight is 297 g/mol. The van der Waals surface area contributed by atoms with E-state index in [-0.39, 0.29) is 29.8 Å². The highest BCUT2D eigenvalue weighted by Gasteiger charge is 2.27. The molecule has 110 valence electrons. The molecule has 0 saturated carbocycles. The number of carbonyl (C=O) groups is 1. The van der Waals surface area contributed by atoms with Crippen LogP contribution in [0.25, 0.3) is 0 Å². The van der Waals surface area contributed by atoms with Crippen LogP contribution < -0.4 is 10.1 Å². The van der Waals surface area contributed by atoms with Crippen LogP contribution >= 0.6 is 0 Å². The normalized spacial score (nSPS) is 20.6. The molecular formula is C14H19NO4S. The molecule has 1 heterocycles. The number of benzene rings is 1. The molecule has 0 aromatic heterocycles. The number of rotatable bonds is 5. The lowest BCUT2D eigenvalue weighted by Crippen LogP contribution is -2.31.